The molecule has 0 aliphatic carbocycles. The van der Waals surface area contributed by atoms with Crippen molar-refractivity contribution in [2.75, 3.05) is 13.1 Å². The van der Waals surface area contributed by atoms with Gasteiger partial charge in [0, 0.05) is 13.1 Å². The quantitative estimate of drug-likeness (QED) is 0.754. The van der Waals surface area contributed by atoms with Gasteiger partial charge in [-0.3, -0.25) is 9.69 Å². The Morgan fingerprint density at radius 2 is 2.31 bits per heavy atom. The molecular formula is C12H12N2O2. The Kier molecular flexibility index (Phi) is 2.88. The van der Waals surface area contributed by atoms with Crippen molar-refractivity contribution in [3.8, 4) is 6.07 Å². The Labute approximate surface area is 93.7 Å². The van der Waals surface area contributed by atoms with E-state index < -0.39 is 11.9 Å². The summed E-state index contributed by atoms with van der Waals surface area (Å²) in [6.45, 7) is 1.35. The summed E-state index contributed by atoms with van der Waals surface area (Å²) in [4.78, 5) is 13.0. The number of carboxylic acids is 1. The molecule has 1 atom stereocenters. The van der Waals surface area contributed by atoms with E-state index in [0.29, 0.717) is 13.1 Å². The van der Waals surface area contributed by atoms with Gasteiger partial charge < -0.3 is 5.11 Å². The summed E-state index contributed by atoms with van der Waals surface area (Å²) >= 11 is 0. The average molecular weight is 216 g/mol. The van der Waals surface area contributed by atoms with Gasteiger partial charge in [-0.15, -0.1) is 0 Å². The molecule has 1 unspecified atom stereocenters. The topological polar surface area (TPSA) is 64.3 Å². The van der Waals surface area contributed by atoms with Crippen molar-refractivity contribution in [3.05, 3.63) is 35.4 Å². The summed E-state index contributed by atoms with van der Waals surface area (Å²) in [5.74, 6) is -1.34. The van der Waals surface area contributed by atoms with Crippen LogP contribution in [0.3, 0.4) is 0 Å². The third kappa shape index (κ3) is 1.90. The van der Waals surface area contributed by atoms with E-state index in [1.165, 1.54) is 0 Å². The summed E-state index contributed by atoms with van der Waals surface area (Å²) in [5.41, 5.74) is 1.89. The van der Waals surface area contributed by atoms with Crippen molar-refractivity contribution in [2.24, 2.45) is 0 Å². The first kappa shape index (κ1) is 10.7. The smallest absolute Gasteiger partial charge is 0.312 e. The Balaban J connectivity index is 2.34. The van der Waals surface area contributed by atoms with Gasteiger partial charge in [0.05, 0.1) is 18.5 Å². The van der Waals surface area contributed by atoms with Crippen LogP contribution < -0.4 is 0 Å². The summed E-state index contributed by atoms with van der Waals surface area (Å²) in [5, 5.41) is 17.8. The SMILES string of the molecule is N#CCN1Cc2ccccc2C(C(=O)O)C1. The number of nitrogens with zero attached hydrogens (tertiary/aromatic N) is 2. The van der Waals surface area contributed by atoms with Gasteiger partial charge in [0.25, 0.3) is 0 Å². The number of fused-ring (bicyclic) bond motifs is 1. The normalized spacial score (nSPS) is 19.8. The number of hydrogen-bond donors (Lipinski definition) is 1. The van der Waals surface area contributed by atoms with Crippen LogP contribution in [-0.2, 0) is 11.3 Å². The van der Waals surface area contributed by atoms with Gasteiger partial charge in [0.2, 0.25) is 0 Å². The van der Waals surface area contributed by atoms with Crippen LogP contribution in [-0.4, -0.2) is 29.1 Å². The van der Waals surface area contributed by atoms with Gasteiger partial charge in [0.15, 0.2) is 0 Å². The summed E-state index contributed by atoms with van der Waals surface area (Å²) < 4.78 is 0. The van der Waals surface area contributed by atoms with Crippen molar-refractivity contribution >= 4 is 5.97 Å². The van der Waals surface area contributed by atoms with Crippen LogP contribution in [0.1, 0.15) is 17.0 Å². The number of benzene rings is 1. The van der Waals surface area contributed by atoms with Crippen molar-refractivity contribution in [1.29, 1.82) is 5.26 Å². The lowest BCUT2D eigenvalue weighted by atomic mass is 9.90. The molecule has 1 aliphatic heterocycles. The molecule has 1 aromatic carbocycles. The second-order valence-corrected chi connectivity index (χ2v) is 3.92. The van der Waals surface area contributed by atoms with Crippen LogP contribution in [0, 0.1) is 11.3 Å². The molecule has 1 heterocycles. The minimum Gasteiger partial charge on any atom is -0.481 e. The van der Waals surface area contributed by atoms with Gasteiger partial charge in [-0.2, -0.15) is 5.26 Å². The molecule has 0 saturated carbocycles. The Morgan fingerprint density at radius 3 is 3.00 bits per heavy atom. The molecule has 0 aromatic heterocycles. The first-order chi connectivity index (χ1) is 7.72. The van der Waals surface area contributed by atoms with E-state index in [2.05, 4.69) is 6.07 Å². The van der Waals surface area contributed by atoms with Gasteiger partial charge in [-0.25, -0.2) is 0 Å². The number of hydrogen-bond acceptors (Lipinski definition) is 3. The molecule has 1 aromatic rings. The van der Waals surface area contributed by atoms with Crippen LogP contribution in [0.2, 0.25) is 0 Å². The van der Waals surface area contributed by atoms with Gasteiger partial charge in [0.1, 0.15) is 0 Å². The average Bonchev–Trinajstić information content (AvgIpc) is 2.28. The van der Waals surface area contributed by atoms with E-state index in [1.54, 1.807) is 0 Å². The first-order valence-electron chi connectivity index (χ1n) is 5.12. The number of rotatable bonds is 2. The van der Waals surface area contributed by atoms with E-state index in [9.17, 15) is 4.79 Å². The predicted octanol–water partition coefficient (Wildman–Crippen LogP) is 1.19. The highest BCUT2D eigenvalue weighted by atomic mass is 16.4. The lowest BCUT2D eigenvalue weighted by Gasteiger charge is -2.30. The molecule has 82 valence electrons. The molecule has 0 amide bonds. The molecule has 0 spiro atoms. The minimum atomic E-state index is -0.824. The van der Waals surface area contributed by atoms with Crippen LogP contribution in [0.4, 0.5) is 0 Å². The molecule has 0 saturated heterocycles. The molecular weight excluding hydrogens is 204 g/mol. The van der Waals surface area contributed by atoms with E-state index in [4.69, 9.17) is 10.4 Å². The molecule has 16 heavy (non-hydrogen) atoms. The monoisotopic (exact) mass is 216 g/mol. The number of carbonyl (C=O) groups is 1. The number of aliphatic carboxylic acids is 1. The van der Waals surface area contributed by atoms with Crippen molar-refractivity contribution in [3.63, 3.8) is 0 Å². The molecule has 0 bridgehead atoms. The molecule has 0 radical (unpaired) electrons. The van der Waals surface area contributed by atoms with E-state index in [0.717, 1.165) is 11.1 Å². The molecule has 4 nitrogen and oxygen atoms in total. The fraction of sp³-hybridized carbons (Fsp3) is 0.333. The summed E-state index contributed by atoms with van der Waals surface area (Å²) in [6.07, 6.45) is 0. The minimum absolute atomic E-state index is 0.276. The van der Waals surface area contributed by atoms with Gasteiger partial charge in [-0.1, -0.05) is 24.3 Å². The van der Waals surface area contributed by atoms with Gasteiger partial charge in [-0.05, 0) is 11.1 Å². The van der Waals surface area contributed by atoms with Crippen molar-refractivity contribution < 1.29 is 9.90 Å². The highest BCUT2D eigenvalue weighted by Crippen LogP contribution is 2.27. The predicted molar refractivity (Wildman–Crippen MR) is 57.7 cm³/mol. The van der Waals surface area contributed by atoms with Crippen LogP contribution >= 0.6 is 0 Å². The van der Waals surface area contributed by atoms with E-state index in [-0.39, 0.29) is 6.54 Å². The van der Waals surface area contributed by atoms with Crippen LogP contribution in [0.5, 0.6) is 0 Å². The Hall–Kier alpha value is -1.86. The molecule has 1 N–H and O–H groups in total. The van der Waals surface area contributed by atoms with E-state index in [1.807, 2.05) is 29.2 Å². The lowest BCUT2D eigenvalue weighted by Crippen LogP contribution is -2.36. The summed E-state index contributed by atoms with van der Waals surface area (Å²) in [6, 6.07) is 9.60. The standard InChI is InChI=1S/C12H12N2O2/c13-5-6-14-7-9-3-1-2-4-10(9)11(8-14)12(15)16/h1-4,11H,6-8H2,(H,15,16). The molecule has 4 heteroatoms. The van der Waals surface area contributed by atoms with Crippen LogP contribution in [0.15, 0.2) is 24.3 Å². The number of carboxylic acid groups (broad SMARTS) is 1. The Bertz CT molecular complexity index is 451. The van der Waals surface area contributed by atoms with E-state index >= 15 is 0 Å². The van der Waals surface area contributed by atoms with Gasteiger partial charge >= 0.3 is 5.97 Å². The third-order valence-electron chi connectivity index (χ3n) is 2.86. The lowest BCUT2D eigenvalue weighted by molar-refractivity contribution is -0.139. The number of nitriles is 1. The highest BCUT2D eigenvalue weighted by Gasteiger charge is 2.29. The van der Waals surface area contributed by atoms with Crippen molar-refractivity contribution in [2.45, 2.75) is 12.5 Å². The zero-order valence-electron chi connectivity index (χ0n) is 8.76. The molecule has 2 rings (SSSR count). The zero-order valence-corrected chi connectivity index (χ0v) is 8.76. The maximum atomic E-state index is 11.2. The Morgan fingerprint density at radius 1 is 1.56 bits per heavy atom. The largest absolute Gasteiger partial charge is 0.481 e. The highest BCUT2D eigenvalue weighted by molar-refractivity contribution is 5.77. The molecule has 0 fully saturated rings. The second-order valence-electron chi connectivity index (χ2n) is 3.92. The van der Waals surface area contributed by atoms with Crippen LogP contribution in [0.25, 0.3) is 0 Å². The van der Waals surface area contributed by atoms with Crippen molar-refractivity contribution in [1.82, 2.24) is 4.90 Å². The second kappa shape index (κ2) is 4.33. The summed E-state index contributed by atoms with van der Waals surface area (Å²) in [7, 11) is 0. The fourth-order valence-electron chi connectivity index (χ4n) is 2.11. The molecule has 1 aliphatic rings. The fourth-order valence-corrected chi connectivity index (χ4v) is 2.11. The first-order valence-corrected chi connectivity index (χ1v) is 5.12. The third-order valence-corrected chi connectivity index (χ3v) is 2.86. The zero-order chi connectivity index (χ0) is 11.5. The maximum absolute atomic E-state index is 11.2. The maximum Gasteiger partial charge on any atom is 0.312 e.